The van der Waals surface area contributed by atoms with Crippen molar-refractivity contribution in [3.63, 3.8) is 0 Å². The molecule has 1 amide bonds. The van der Waals surface area contributed by atoms with Crippen molar-refractivity contribution in [3.8, 4) is 0 Å². The maximum atomic E-state index is 12.3. The van der Waals surface area contributed by atoms with Crippen LogP contribution >= 0.6 is 0 Å². The number of carbonyl (C=O) groups is 1. The molecule has 1 unspecified atom stereocenters. The molecule has 3 rings (SSSR count). The van der Waals surface area contributed by atoms with Gasteiger partial charge in [0.15, 0.2) is 0 Å². The summed E-state index contributed by atoms with van der Waals surface area (Å²) in [6.07, 6.45) is 8.67. The zero-order valence-corrected chi connectivity index (χ0v) is 12.7. The molecule has 1 atom stereocenters. The molecule has 0 aliphatic carbocycles. The average Bonchev–Trinajstić information content (AvgIpc) is 3.23. The first-order valence-corrected chi connectivity index (χ1v) is 7.66. The van der Waals surface area contributed by atoms with Crippen molar-refractivity contribution < 1.29 is 9.21 Å². The fourth-order valence-corrected chi connectivity index (χ4v) is 2.86. The van der Waals surface area contributed by atoms with E-state index < -0.39 is 0 Å². The van der Waals surface area contributed by atoms with Crippen LogP contribution < -0.4 is 0 Å². The number of piperidine rings is 1. The number of furan rings is 1. The number of aryl methyl sites for hydroxylation is 1. The van der Waals surface area contributed by atoms with Gasteiger partial charge in [-0.15, -0.1) is 10.2 Å². The van der Waals surface area contributed by atoms with Gasteiger partial charge in [0.1, 0.15) is 17.9 Å². The van der Waals surface area contributed by atoms with Gasteiger partial charge in [0.05, 0.1) is 6.26 Å². The monoisotopic (exact) mass is 300 g/mol. The van der Waals surface area contributed by atoms with Gasteiger partial charge in [-0.25, -0.2) is 0 Å². The summed E-state index contributed by atoms with van der Waals surface area (Å²) in [6.45, 7) is 4.41. The highest BCUT2D eigenvalue weighted by Crippen LogP contribution is 2.25. The van der Waals surface area contributed by atoms with Crippen LogP contribution in [-0.4, -0.2) is 38.7 Å². The third kappa shape index (κ3) is 3.10. The van der Waals surface area contributed by atoms with Crippen molar-refractivity contribution >= 4 is 12.0 Å². The van der Waals surface area contributed by atoms with Crippen molar-refractivity contribution in [1.82, 2.24) is 19.7 Å². The van der Waals surface area contributed by atoms with E-state index in [-0.39, 0.29) is 11.8 Å². The molecule has 1 aliphatic heterocycles. The summed E-state index contributed by atoms with van der Waals surface area (Å²) in [5, 5.41) is 8.22. The molecule has 6 nitrogen and oxygen atoms in total. The number of carbonyl (C=O) groups excluding carboxylic acids is 1. The highest BCUT2D eigenvalue weighted by Gasteiger charge is 2.26. The lowest BCUT2D eigenvalue weighted by Gasteiger charge is -2.31. The van der Waals surface area contributed by atoms with E-state index in [1.807, 2.05) is 11.0 Å². The predicted octanol–water partition coefficient (Wildman–Crippen LogP) is 2.31. The predicted molar refractivity (Wildman–Crippen MR) is 82.0 cm³/mol. The summed E-state index contributed by atoms with van der Waals surface area (Å²) in [5.74, 6) is 1.95. The Morgan fingerprint density at radius 1 is 1.55 bits per heavy atom. The summed E-state index contributed by atoms with van der Waals surface area (Å²) in [7, 11) is 0. The molecule has 0 N–H and O–H groups in total. The van der Waals surface area contributed by atoms with Crippen LogP contribution in [0.15, 0.2) is 35.2 Å². The standard InChI is InChI=1S/C16H20N4O2/c1-2-19-12-17-18-16(19)13-5-3-9-20(11-13)15(21)8-7-14-6-4-10-22-14/h4,6-8,10,12-13H,2-3,5,9,11H2,1H3/b8-7+. The fourth-order valence-electron chi connectivity index (χ4n) is 2.86. The Hall–Kier alpha value is -2.37. The lowest BCUT2D eigenvalue weighted by atomic mass is 9.97. The van der Waals surface area contributed by atoms with Crippen molar-refractivity contribution in [2.45, 2.75) is 32.2 Å². The Labute approximate surface area is 129 Å². The number of rotatable bonds is 4. The Bertz CT molecular complexity index is 645. The number of likely N-dealkylation sites (tertiary alicyclic amines) is 1. The lowest BCUT2D eigenvalue weighted by Crippen LogP contribution is -2.38. The molecule has 116 valence electrons. The highest BCUT2D eigenvalue weighted by molar-refractivity contribution is 5.91. The van der Waals surface area contributed by atoms with Gasteiger partial charge in [0, 0.05) is 31.6 Å². The molecule has 3 heterocycles. The average molecular weight is 300 g/mol. The van der Waals surface area contributed by atoms with E-state index in [0.717, 1.165) is 31.8 Å². The maximum Gasteiger partial charge on any atom is 0.246 e. The molecular formula is C16H20N4O2. The molecular weight excluding hydrogens is 280 g/mol. The minimum Gasteiger partial charge on any atom is -0.465 e. The quantitative estimate of drug-likeness (QED) is 0.813. The van der Waals surface area contributed by atoms with Crippen molar-refractivity contribution in [2.24, 2.45) is 0 Å². The van der Waals surface area contributed by atoms with Crippen LogP contribution in [0.3, 0.4) is 0 Å². The first-order chi connectivity index (χ1) is 10.8. The van der Waals surface area contributed by atoms with Gasteiger partial charge < -0.3 is 13.9 Å². The van der Waals surface area contributed by atoms with Crippen LogP contribution in [0.4, 0.5) is 0 Å². The van der Waals surface area contributed by atoms with Crippen molar-refractivity contribution in [3.05, 3.63) is 42.4 Å². The molecule has 0 aromatic carbocycles. The van der Waals surface area contributed by atoms with E-state index in [4.69, 9.17) is 4.42 Å². The molecule has 0 bridgehead atoms. The molecule has 1 saturated heterocycles. The molecule has 0 spiro atoms. The van der Waals surface area contributed by atoms with E-state index in [0.29, 0.717) is 12.3 Å². The van der Waals surface area contributed by atoms with Gasteiger partial charge in [-0.05, 0) is 38.0 Å². The van der Waals surface area contributed by atoms with E-state index in [2.05, 4.69) is 21.7 Å². The van der Waals surface area contributed by atoms with Crippen LogP contribution in [0.5, 0.6) is 0 Å². The molecule has 0 radical (unpaired) electrons. The number of hydrogen-bond acceptors (Lipinski definition) is 4. The van der Waals surface area contributed by atoms with Gasteiger partial charge in [0.2, 0.25) is 5.91 Å². The fraction of sp³-hybridized carbons (Fsp3) is 0.438. The summed E-state index contributed by atoms with van der Waals surface area (Å²) >= 11 is 0. The Kier molecular flexibility index (Phi) is 4.37. The SMILES string of the molecule is CCn1cnnc1C1CCCN(C(=O)/C=C/c2ccco2)C1. The van der Waals surface area contributed by atoms with E-state index in [9.17, 15) is 4.79 Å². The Morgan fingerprint density at radius 2 is 2.45 bits per heavy atom. The summed E-state index contributed by atoms with van der Waals surface area (Å²) in [4.78, 5) is 14.2. The normalized spacial score (nSPS) is 19.0. The second-order valence-corrected chi connectivity index (χ2v) is 5.45. The van der Waals surface area contributed by atoms with Crippen LogP contribution in [0, 0.1) is 0 Å². The second-order valence-electron chi connectivity index (χ2n) is 5.45. The maximum absolute atomic E-state index is 12.3. The van der Waals surface area contributed by atoms with Gasteiger partial charge in [-0.1, -0.05) is 0 Å². The van der Waals surface area contributed by atoms with Gasteiger partial charge in [-0.2, -0.15) is 0 Å². The van der Waals surface area contributed by atoms with Crippen molar-refractivity contribution in [1.29, 1.82) is 0 Å². The molecule has 0 saturated carbocycles. The highest BCUT2D eigenvalue weighted by atomic mass is 16.3. The molecule has 6 heteroatoms. The van der Waals surface area contributed by atoms with Gasteiger partial charge >= 0.3 is 0 Å². The lowest BCUT2D eigenvalue weighted by molar-refractivity contribution is -0.127. The van der Waals surface area contributed by atoms with E-state index in [1.54, 1.807) is 30.8 Å². The van der Waals surface area contributed by atoms with Crippen LogP contribution in [-0.2, 0) is 11.3 Å². The molecule has 1 aliphatic rings. The minimum atomic E-state index is 0.0173. The molecule has 22 heavy (non-hydrogen) atoms. The minimum absolute atomic E-state index is 0.0173. The van der Waals surface area contributed by atoms with Gasteiger partial charge in [0.25, 0.3) is 0 Å². The molecule has 1 fully saturated rings. The van der Waals surface area contributed by atoms with E-state index >= 15 is 0 Å². The molecule has 2 aromatic heterocycles. The first-order valence-electron chi connectivity index (χ1n) is 7.66. The number of hydrogen-bond donors (Lipinski definition) is 0. The second kappa shape index (κ2) is 6.60. The summed E-state index contributed by atoms with van der Waals surface area (Å²) < 4.78 is 7.26. The summed E-state index contributed by atoms with van der Waals surface area (Å²) in [6, 6.07) is 3.63. The third-order valence-electron chi connectivity index (χ3n) is 4.02. The topological polar surface area (TPSA) is 64.2 Å². The van der Waals surface area contributed by atoms with Crippen LogP contribution in [0.25, 0.3) is 6.08 Å². The zero-order valence-electron chi connectivity index (χ0n) is 12.7. The summed E-state index contributed by atoms with van der Waals surface area (Å²) in [5.41, 5.74) is 0. The number of nitrogens with zero attached hydrogens (tertiary/aromatic N) is 4. The number of amides is 1. The van der Waals surface area contributed by atoms with Crippen LogP contribution in [0.2, 0.25) is 0 Å². The van der Waals surface area contributed by atoms with Gasteiger partial charge in [-0.3, -0.25) is 4.79 Å². The van der Waals surface area contributed by atoms with Crippen LogP contribution in [0.1, 0.15) is 37.3 Å². The third-order valence-corrected chi connectivity index (χ3v) is 4.02. The zero-order chi connectivity index (χ0) is 15.4. The van der Waals surface area contributed by atoms with E-state index in [1.165, 1.54) is 0 Å². The van der Waals surface area contributed by atoms with Crippen molar-refractivity contribution in [2.75, 3.05) is 13.1 Å². The Morgan fingerprint density at radius 3 is 3.23 bits per heavy atom. The Balaban J connectivity index is 1.66. The smallest absolute Gasteiger partial charge is 0.246 e. The first kappa shape index (κ1) is 14.6. The molecule has 2 aromatic rings. The number of aromatic nitrogens is 3. The largest absolute Gasteiger partial charge is 0.465 e.